The number of fused-ring (bicyclic) bond motifs is 1. The maximum Gasteiger partial charge on any atom is 0.0430 e. The van der Waals surface area contributed by atoms with Gasteiger partial charge in [0.1, 0.15) is 0 Å². The highest BCUT2D eigenvalue weighted by Crippen LogP contribution is 2.25. The normalized spacial score (nSPS) is 18.5. The third-order valence-electron chi connectivity index (χ3n) is 3.92. The molecule has 0 fully saturated rings. The zero-order valence-electron chi connectivity index (χ0n) is 12.3. The molecule has 0 radical (unpaired) electrons. The number of benzene rings is 2. The Bertz CT molecular complexity index is 591. The smallest absolute Gasteiger partial charge is 0.0430 e. The molecule has 1 N–H and O–H groups in total. The third-order valence-corrected chi connectivity index (χ3v) is 3.92. The van der Waals surface area contributed by atoms with Crippen molar-refractivity contribution in [2.24, 2.45) is 0 Å². The standard InChI is InChI=1S/C18H22N2/c1-14-6-5-7-16(10-14)13-20-12-15(2)19-11-17-8-3-4-9-18(17)20/h3-10,15,19H,11-13H2,1-2H3. The summed E-state index contributed by atoms with van der Waals surface area (Å²) >= 11 is 0. The first kappa shape index (κ1) is 13.2. The van der Waals surface area contributed by atoms with Gasteiger partial charge >= 0.3 is 0 Å². The number of anilines is 1. The maximum atomic E-state index is 3.59. The highest BCUT2D eigenvalue weighted by Gasteiger charge is 2.18. The predicted octanol–water partition coefficient (Wildman–Crippen LogP) is 3.49. The lowest BCUT2D eigenvalue weighted by molar-refractivity contribution is 0.552. The molecule has 0 aliphatic carbocycles. The molecular weight excluding hydrogens is 244 g/mol. The fourth-order valence-electron chi connectivity index (χ4n) is 2.93. The van der Waals surface area contributed by atoms with E-state index in [0.29, 0.717) is 6.04 Å². The molecule has 2 heteroatoms. The van der Waals surface area contributed by atoms with Crippen molar-refractivity contribution in [3.8, 4) is 0 Å². The molecular formula is C18H22N2. The van der Waals surface area contributed by atoms with Crippen LogP contribution in [0.3, 0.4) is 0 Å². The molecule has 104 valence electrons. The summed E-state index contributed by atoms with van der Waals surface area (Å²) in [4.78, 5) is 2.49. The minimum absolute atomic E-state index is 0.507. The SMILES string of the molecule is Cc1cccc(CN2CC(C)NCc3ccccc32)c1. The molecule has 20 heavy (non-hydrogen) atoms. The van der Waals surface area contributed by atoms with Crippen molar-refractivity contribution >= 4 is 5.69 Å². The van der Waals surface area contributed by atoms with Crippen molar-refractivity contribution in [1.29, 1.82) is 0 Å². The van der Waals surface area contributed by atoms with Gasteiger partial charge in [-0.15, -0.1) is 0 Å². The molecule has 0 bridgehead atoms. The summed E-state index contributed by atoms with van der Waals surface area (Å²) in [7, 11) is 0. The van der Waals surface area contributed by atoms with Crippen LogP contribution in [-0.2, 0) is 13.1 Å². The van der Waals surface area contributed by atoms with Gasteiger partial charge in [-0.1, -0.05) is 48.0 Å². The maximum absolute atomic E-state index is 3.59. The fraction of sp³-hybridized carbons (Fsp3) is 0.333. The number of rotatable bonds is 2. The molecule has 0 saturated heterocycles. The number of hydrogen-bond donors (Lipinski definition) is 1. The quantitative estimate of drug-likeness (QED) is 0.895. The fourth-order valence-corrected chi connectivity index (χ4v) is 2.93. The van der Waals surface area contributed by atoms with Crippen LogP contribution in [0.15, 0.2) is 48.5 Å². The van der Waals surface area contributed by atoms with E-state index >= 15 is 0 Å². The molecule has 0 amide bonds. The molecule has 1 aliphatic heterocycles. The van der Waals surface area contributed by atoms with Crippen LogP contribution in [0.2, 0.25) is 0 Å². The van der Waals surface area contributed by atoms with E-state index < -0.39 is 0 Å². The van der Waals surface area contributed by atoms with E-state index in [0.717, 1.165) is 19.6 Å². The summed E-state index contributed by atoms with van der Waals surface area (Å²) < 4.78 is 0. The first-order chi connectivity index (χ1) is 9.72. The van der Waals surface area contributed by atoms with Crippen LogP contribution in [0, 0.1) is 6.92 Å². The highest BCUT2D eigenvalue weighted by atomic mass is 15.2. The Hall–Kier alpha value is -1.80. The summed E-state index contributed by atoms with van der Waals surface area (Å²) in [6.07, 6.45) is 0. The van der Waals surface area contributed by atoms with Gasteiger partial charge in [-0.05, 0) is 31.0 Å². The number of nitrogens with zero attached hydrogens (tertiary/aromatic N) is 1. The summed E-state index contributed by atoms with van der Waals surface area (Å²) in [6.45, 7) is 7.40. The summed E-state index contributed by atoms with van der Waals surface area (Å²) in [6, 6.07) is 18.0. The van der Waals surface area contributed by atoms with E-state index in [1.54, 1.807) is 0 Å². The molecule has 1 aliphatic rings. The number of para-hydroxylation sites is 1. The number of aryl methyl sites for hydroxylation is 1. The van der Waals surface area contributed by atoms with Crippen LogP contribution < -0.4 is 10.2 Å². The molecule has 0 spiro atoms. The van der Waals surface area contributed by atoms with Gasteiger partial charge in [-0.25, -0.2) is 0 Å². The third kappa shape index (κ3) is 2.86. The van der Waals surface area contributed by atoms with E-state index in [4.69, 9.17) is 0 Å². The van der Waals surface area contributed by atoms with Crippen LogP contribution >= 0.6 is 0 Å². The first-order valence-electron chi connectivity index (χ1n) is 7.34. The van der Waals surface area contributed by atoms with Crippen LogP contribution in [0.4, 0.5) is 5.69 Å². The van der Waals surface area contributed by atoms with Crippen LogP contribution in [0.1, 0.15) is 23.6 Å². The summed E-state index contributed by atoms with van der Waals surface area (Å²) in [5.41, 5.74) is 5.47. The predicted molar refractivity (Wildman–Crippen MR) is 85.0 cm³/mol. The topological polar surface area (TPSA) is 15.3 Å². The second kappa shape index (κ2) is 5.68. The van der Waals surface area contributed by atoms with Crippen molar-refractivity contribution in [2.45, 2.75) is 33.0 Å². The number of nitrogens with one attached hydrogen (secondary N) is 1. The lowest BCUT2D eigenvalue weighted by Crippen LogP contribution is -2.35. The Balaban J connectivity index is 1.90. The Labute approximate surface area is 121 Å². The molecule has 3 rings (SSSR count). The number of hydrogen-bond acceptors (Lipinski definition) is 2. The average molecular weight is 266 g/mol. The lowest BCUT2D eigenvalue weighted by atomic mass is 10.1. The van der Waals surface area contributed by atoms with Crippen molar-refractivity contribution in [1.82, 2.24) is 5.32 Å². The monoisotopic (exact) mass is 266 g/mol. The molecule has 1 unspecified atom stereocenters. The van der Waals surface area contributed by atoms with E-state index in [1.165, 1.54) is 22.4 Å². The molecule has 1 atom stereocenters. The largest absolute Gasteiger partial charge is 0.365 e. The lowest BCUT2D eigenvalue weighted by Gasteiger charge is -2.26. The minimum Gasteiger partial charge on any atom is -0.365 e. The van der Waals surface area contributed by atoms with Gasteiger partial charge in [0.15, 0.2) is 0 Å². The van der Waals surface area contributed by atoms with Crippen molar-refractivity contribution in [3.05, 3.63) is 65.2 Å². The Morgan fingerprint density at radius 3 is 2.85 bits per heavy atom. The zero-order valence-corrected chi connectivity index (χ0v) is 12.3. The van der Waals surface area contributed by atoms with Gasteiger partial charge in [0.05, 0.1) is 0 Å². The molecule has 0 aromatic heterocycles. The Morgan fingerprint density at radius 2 is 2.00 bits per heavy atom. The van der Waals surface area contributed by atoms with Crippen LogP contribution in [0.5, 0.6) is 0 Å². The first-order valence-corrected chi connectivity index (χ1v) is 7.34. The van der Waals surface area contributed by atoms with Gasteiger partial charge in [0, 0.05) is 31.4 Å². The molecule has 2 nitrogen and oxygen atoms in total. The molecule has 0 saturated carbocycles. The van der Waals surface area contributed by atoms with Crippen molar-refractivity contribution in [3.63, 3.8) is 0 Å². The van der Waals surface area contributed by atoms with E-state index in [-0.39, 0.29) is 0 Å². The summed E-state index contributed by atoms with van der Waals surface area (Å²) in [5, 5.41) is 3.59. The van der Waals surface area contributed by atoms with Gasteiger partial charge < -0.3 is 10.2 Å². The molecule has 2 aromatic rings. The van der Waals surface area contributed by atoms with Crippen LogP contribution in [-0.4, -0.2) is 12.6 Å². The molecule has 1 heterocycles. The van der Waals surface area contributed by atoms with Crippen LogP contribution in [0.25, 0.3) is 0 Å². The van der Waals surface area contributed by atoms with E-state index in [2.05, 4.69) is 72.6 Å². The van der Waals surface area contributed by atoms with Crippen molar-refractivity contribution < 1.29 is 0 Å². The van der Waals surface area contributed by atoms with Crippen molar-refractivity contribution in [2.75, 3.05) is 11.4 Å². The second-order valence-electron chi connectivity index (χ2n) is 5.78. The second-order valence-corrected chi connectivity index (χ2v) is 5.78. The van der Waals surface area contributed by atoms with Gasteiger partial charge in [0.25, 0.3) is 0 Å². The summed E-state index contributed by atoms with van der Waals surface area (Å²) in [5.74, 6) is 0. The minimum atomic E-state index is 0.507. The Kier molecular flexibility index (Phi) is 3.75. The van der Waals surface area contributed by atoms with Gasteiger partial charge in [-0.3, -0.25) is 0 Å². The van der Waals surface area contributed by atoms with Gasteiger partial charge in [-0.2, -0.15) is 0 Å². The highest BCUT2D eigenvalue weighted by molar-refractivity contribution is 5.55. The van der Waals surface area contributed by atoms with E-state index in [9.17, 15) is 0 Å². The van der Waals surface area contributed by atoms with E-state index in [1.807, 2.05) is 0 Å². The molecule has 2 aromatic carbocycles. The Morgan fingerprint density at radius 1 is 1.15 bits per heavy atom. The average Bonchev–Trinajstić information content (AvgIpc) is 2.59. The van der Waals surface area contributed by atoms with Gasteiger partial charge in [0.2, 0.25) is 0 Å². The zero-order chi connectivity index (χ0) is 13.9.